The standard InChI is InChI=1S/C15H15ClFN3O3S2.C12H18N2O/c1-23-13(21)8-24-12-7-11(10(17)6-9(12)16)18-14-19-4-2-3-5-20(19)15(22)25-14;1-9(2)10-5-7-11(8-6-10)13-12(15)14(3)4/h6-7H,2-5,8H2,1H3;5-9H,1-4H3,(H,13,15)/b18-14-;. The fourth-order valence-electron chi connectivity index (χ4n) is 3.62. The van der Waals surface area contributed by atoms with E-state index < -0.39 is 11.8 Å². The van der Waals surface area contributed by atoms with Gasteiger partial charge in [0.15, 0.2) is 0 Å². The van der Waals surface area contributed by atoms with Crippen molar-refractivity contribution in [1.29, 1.82) is 0 Å². The van der Waals surface area contributed by atoms with Crippen molar-refractivity contribution in [1.82, 2.24) is 14.3 Å². The van der Waals surface area contributed by atoms with Gasteiger partial charge in [0.25, 0.3) is 0 Å². The lowest BCUT2D eigenvalue weighted by atomic mass is 10.0. The molecule has 3 aromatic rings. The summed E-state index contributed by atoms with van der Waals surface area (Å²) in [5.41, 5.74) is 2.19. The van der Waals surface area contributed by atoms with Gasteiger partial charge in [0.2, 0.25) is 4.80 Å². The van der Waals surface area contributed by atoms with E-state index in [0.717, 1.165) is 47.7 Å². The zero-order valence-electron chi connectivity index (χ0n) is 23.1. The van der Waals surface area contributed by atoms with Crippen molar-refractivity contribution in [2.75, 3.05) is 32.3 Å². The SMILES string of the molecule is CC(C)c1ccc(NC(=O)N(C)C)cc1.COC(=O)CSc1cc(/N=c2\sc(=O)n3n2CCCC3)c(F)cc1Cl. The number of hydrogen-bond donors (Lipinski definition) is 1. The second-order valence-electron chi connectivity index (χ2n) is 9.42. The molecule has 13 heteroatoms. The highest BCUT2D eigenvalue weighted by Crippen LogP contribution is 2.33. The van der Waals surface area contributed by atoms with Crippen molar-refractivity contribution in [3.63, 3.8) is 0 Å². The summed E-state index contributed by atoms with van der Waals surface area (Å²) in [6.45, 7) is 5.62. The van der Waals surface area contributed by atoms with Crippen LogP contribution in [0, 0.1) is 5.82 Å². The van der Waals surface area contributed by atoms with E-state index in [4.69, 9.17) is 11.6 Å². The Morgan fingerprint density at radius 2 is 1.82 bits per heavy atom. The molecule has 9 nitrogen and oxygen atoms in total. The Morgan fingerprint density at radius 3 is 2.42 bits per heavy atom. The Kier molecular flexibility index (Phi) is 11.4. The van der Waals surface area contributed by atoms with Gasteiger partial charge in [-0.1, -0.05) is 37.6 Å². The summed E-state index contributed by atoms with van der Waals surface area (Å²) >= 11 is 8.17. The summed E-state index contributed by atoms with van der Waals surface area (Å²) in [5.74, 6) is -0.406. The number of benzene rings is 2. The number of fused-ring (bicyclic) bond motifs is 1. The van der Waals surface area contributed by atoms with Gasteiger partial charge < -0.3 is 15.0 Å². The van der Waals surface area contributed by atoms with E-state index in [0.29, 0.717) is 28.7 Å². The van der Waals surface area contributed by atoms with E-state index in [2.05, 4.69) is 28.9 Å². The van der Waals surface area contributed by atoms with Gasteiger partial charge in [-0.2, -0.15) is 0 Å². The molecule has 0 saturated heterocycles. The molecule has 216 valence electrons. The number of halogens is 2. The maximum absolute atomic E-state index is 14.3. The van der Waals surface area contributed by atoms with E-state index in [1.165, 1.54) is 23.6 Å². The number of nitrogens with zero attached hydrogens (tertiary/aromatic N) is 4. The zero-order chi connectivity index (χ0) is 29.4. The zero-order valence-corrected chi connectivity index (χ0v) is 25.5. The Morgan fingerprint density at radius 1 is 1.18 bits per heavy atom. The maximum atomic E-state index is 14.3. The van der Waals surface area contributed by atoms with E-state index in [1.54, 1.807) is 23.5 Å². The molecule has 1 aliphatic heterocycles. The van der Waals surface area contributed by atoms with E-state index in [-0.39, 0.29) is 27.4 Å². The molecule has 2 aromatic carbocycles. The highest BCUT2D eigenvalue weighted by molar-refractivity contribution is 8.00. The van der Waals surface area contributed by atoms with Crippen LogP contribution in [0.2, 0.25) is 5.02 Å². The third-order valence-electron chi connectivity index (χ3n) is 5.92. The quantitative estimate of drug-likeness (QED) is 0.286. The summed E-state index contributed by atoms with van der Waals surface area (Å²) in [4.78, 5) is 41.4. The Hall–Kier alpha value is -3.09. The van der Waals surface area contributed by atoms with Gasteiger partial charge in [-0.3, -0.25) is 14.3 Å². The monoisotopic (exact) mass is 609 g/mol. The smallest absolute Gasteiger partial charge is 0.325 e. The molecule has 0 atom stereocenters. The topological polar surface area (TPSA) is 97.9 Å². The highest BCUT2D eigenvalue weighted by atomic mass is 35.5. The summed E-state index contributed by atoms with van der Waals surface area (Å²) < 4.78 is 22.3. The van der Waals surface area contributed by atoms with Gasteiger partial charge in [-0.25, -0.2) is 18.9 Å². The Labute approximate surface area is 245 Å². The van der Waals surface area contributed by atoms with Crippen LogP contribution in [-0.2, 0) is 22.6 Å². The van der Waals surface area contributed by atoms with Crippen molar-refractivity contribution in [2.45, 2.75) is 50.6 Å². The molecule has 1 aliphatic rings. The van der Waals surface area contributed by atoms with Crippen LogP contribution in [0.4, 0.5) is 20.6 Å². The summed E-state index contributed by atoms with van der Waals surface area (Å²) in [6, 6.07) is 10.5. The van der Waals surface area contributed by atoms with Crippen LogP contribution >= 0.6 is 34.7 Å². The minimum absolute atomic E-state index is 0.0605. The lowest BCUT2D eigenvalue weighted by Gasteiger charge is -2.15. The maximum Gasteiger partial charge on any atom is 0.325 e. The molecular formula is C27H33ClFN5O4S2. The molecule has 1 aromatic heterocycles. The van der Waals surface area contributed by atoms with Crippen LogP contribution in [0.5, 0.6) is 0 Å². The predicted octanol–water partition coefficient (Wildman–Crippen LogP) is 5.70. The minimum Gasteiger partial charge on any atom is -0.468 e. The van der Waals surface area contributed by atoms with Crippen molar-refractivity contribution in [3.8, 4) is 0 Å². The fourth-order valence-corrected chi connectivity index (χ4v) is 5.60. The van der Waals surface area contributed by atoms with Crippen molar-refractivity contribution >= 4 is 58.1 Å². The number of ether oxygens (including phenoxy) is 1. The molecule has 0 saturated carbocycles. The van der Waals surface area contributed by atoms with Gasteiger partial charge >= 0.3 is 16.9 Å². The lowest BCUT2D eigenvalue weighted by Crippen LogP contribution is -2.31. The van der Waals surface area contributed by atoms with Gasteiger partial charge in [-0.05, 0) is 59.9 Å². The molecule has 0 aliphatic carbocycles. The van der Waals surface area contributed by atoms with Gasteiger partial charge in [0.05, 0.1) is 17.9 Å². The fraction of sp³-hybridized carbons (Fsp3) is 0.407. The first kappa shape index (κ1) is 31.4. The van der Waals surface area contributed by atoms with Gasteiger partial charge in [0.1, 0.15) is 11.5 Å². The minimum atomic E-state index is -0.580. The van der Waals surface area contributed by atoms with E-state index in [1.807, 2.05) is 24.3 Å². The Bertz CT molecular complexity index is 1470. The predicted molar refractivity (Wildman–Crippen MR) is 158 cm³/mol. The van der Waals surface area contributed by atoms with Crippen molar-refractivity contribution in [2.24, 2.45) is 4.99 Å². The average Bonchev–Trinajstić information content (AvgIpc) is 3.24. The molecule has 2 amide bonds. The second-order valence-corrected chi connectivity index (χ2v) is 11.8. The third kappa shape index (κ3) is 8.45. The van der Waals surface area contributed by atoms with Crippen LogP contribution in [0.3, 0.4) is 0 Å². The molecule has 0 unspecified atom stereocenters. The number of carbonyl (C=O) groups excluding carboxylic acids is 2. The first-order valence-corrected chi connectivity index (χ1v) is 14.8. The number of aromatic nitrogens is 2. The largest absolute Gasteiger partial charge is 0.468 e. The second kappa shape index (κ2) is 14.5. The van der Waals surface area contributed by atoms with Crippen molar-refractivity contribution in [3.05, 3.63) is 67.3 Å². The first-order valence-electron chi connectivity index (χ1n) is 12.6. The number of nitrogens with one attached hydrogen (secondary N) is 1. The number of rotatable bonds is 6. The normalized spacial score (nSPS) is 12.8. The lowest BCUT2D eigenvalue weighted by molar-refractivity contribution is -0.137. The number of thioether (sulfide) groups is 1. The van der Waals surface area contributed by atoms with Crippen LogP contribution < -0.4 is 15.0 Å². The number of amides is 2. The van der Waals surface area contributed by atoms with Gasteiger partial charge in [0, 0.05) is 37.8 Å². The number of urea groups is 1. The van der Waals surface area contributed by atoms with E-state index in [9.17, 15) is 18.8 Å². The average molecular weight is 610 g/mol. The highest BCUT2D eigenvalue weighted by Gasteiger charge is 2.15. The molecule has 1 N–H and O–H groups in total. The molecule has 0 radical (unpaired) electrons. The molecule has 0 spiro atoms. The summed E-state index contributed by atoms with van der Waals surface area (Å²) in [5, 5.41) is 2.99. The molecule has 4 rings (SSSR count). The molecule has 0 bridgehead atoms. The number of methoxy groups -OCH3 is 1. The van der Waals surface area contributed by atoms with E-state index >= 15 is 0 Å². The molecule has 0 fully saturated rings. The number of anilines is 1. The number of esters is 1. The number of carbonyl (C=O) groups is 2. The summed E-state index contributed by atoms with van der Waals surface area (Å²) in [7, 11) is 4.74. The van der Waals surface area contributed by atoms with Crippen molar-refractivity contribution < 1.29 is 18.7 Å². The summed E-state index contributed by atoms with van der Waals surface area (Å²) in [6.07, 6.45) is 1.90. The van der Waals surface area contributed by atoms with Gasteiger partial charge in [-0.15, -0.1) is 11.8 Å². The number of hydrogen-bond acceptors (Lipinski definition) is 7. The van der Waals surface area contributed by atoms with Crippen LogP contribution in [0.15, 0.2) is 51.1 Å². The van der Waals surface area contributed by atoms with Crippen LogP contribution in [0.1, 0.15) is 38.2 Å². The van der Waals surface area contributed by atoms with Crippen LogP contribution in [-0.4, -0.2) is 53.2 Å². The molecular weight excluding hydrogens is 577 g/mol. The molecule has 2 heterocycles. The molecule has 40 heavy (non-hydrogen) atoms. The Balaban J connectivity index is 0.000000252. The van der Waals surface area contributed by atoms with Crippen LogP contribution in [0.25, 0.3) is 0 Å². The first-order chi connectivity index (χ1) is 19.0. The third-order valence-corrected chi connectivity index (χ3v) is 8.24.